The molecule has 1 aliphatic carbocycles. The maximum atomic E-state index is 11.9. The third-order valence-electron chi connectivity index (χ3n) is 3.81. The van der Waals surface area contributed by atoms with Crippen LogP contribution in [0.15, 0.2) is 0 Å². The highest BCUT2D eigenvalue weighted by atomic mass is 32.2. The number of rotatable bonds is 4. The summed E-state index contributed by atoms with van der Waals surface area (Å²) in [5.74, 6) is 1.11. The predicted molar refractivity (Wildman–Crippen MR) is 61.6 cm³/mol. The molecule has 0 bridgehead atoms. The van der Waals surface area contributed by atoms with Gasteiger partial charge in [-0.3, -0.25) is 0 Å². The fraction of sp³-hybridized carbons (Fsp3) is 1.00. The van der Waals surface area contributed by atoms with Crippen LogP contribution in [0.25, 0.3) is 0 Å². The molecule has 2 fully saturated rings. The van der Waals surface area contributed by atoms with E-state index in [1.807, 2.05) is 0 Å². The molecule has 1 aliphatic heterocycles. The van der Waals surface area contributed by atoms with Crippen LogP contribution in [0.2, 0.25) is 0 Å². The quantitative estimate of drug-likeness (QED) is 0.794. The summed E-state index contributed by atoms with van der Waals surface area (Å²) in [6.45, 7) is 1.54. The van der Waals surface area contributed by atoms with Crippen molar-refractivity contribution < 1.29 is 8.42 Å². The Morgan fingerprint density at radius 1 is 1.13 bits per heavy atom. The van der Waals surface area contributed by atoms with Crippen LogP contribution in [0.3, 0.4) is 0 Å². The Morgan fingerprint density at radius 3 is 2.47 bits per heavy atom. The molecule has 15 heavy (non-hydrogen) atoms. The topological polar surface area (TPSA) is 46.2 Å². The van der Waals surface area contributed by atoms with Gasteiger partial charge in [-0.2, -0.15) is 0 Å². The molecular weight excluding hydrogens is 210 g/mol. The highest BCUT2D eigenvalue weighted by molar-refractivity contribution is 7.92. The maximum absolute atomic E-state index is 11.9. The first-order valence-corrected chi connectivity index (χ1v) is 7.82. The Balaban J connectivity index is 1.81. The lowest BCUT2D eigenvalue weighted by Crippen LogP contribution is -2.27. The van der Waals surface area contributed by atoms with Gasteiger partial charge in [-0.1, -0.05) is 25.7 Å². The van der Waals surface area contributed by atoms with Crippen molar-refractivity contribution in [3.63, 3.8) is 0 Å². The molecule has 4 heteroatoms. The van der Waals surface area contributed by atoms with Crippen molar-refractivity contribution in [3.8, 4) is 0 Å². The van der Waals surface area contributed by atoms with Gasteiger partial charge in [0.1, 0.15) is 0 Å². The van der Waals surface area contributed by atoms with Gasteiger partial charge in [-0.05, 0) is 25.3 Å². The predicted octanol–water partition coefficient (Wildman–Crippen LogP) is 1.34. The molecule has 2 aliphatic rings. The molecule has 88 valence electrons. The van der Waals surface area contributed by atoms with E-state index in [1.54, 1.807) is 0 Å². The fourth-order valence-electron chi connectivity index (χ4n) is 2.73. The minimum absolute atomic E-state index is 0.0982. The smallest absolute Gasteiger partial charge is 0.154 e. The van der Waals surface area contributed by atoms with Crippen molar-refractivity contribution in [1.82, 2.24) is 5.32 Å². The van der Waals surface area contributed by atoms with Gasteiger partial charge in [0.05, 0.1) is 11.0 Å². The number of nitrogens with one attached hydrogen (secondary N) is 1. The van der Waals surface area contributed by atoms with Gasteiger partial charge in [0.15, 0.2) is 9.84 Å². The van der Waals surface area contributed by atoms with Gasteiger partial charge in [-0.15, -0.1) is 0 Å². The highest BCUT2D eigenvalue weighted by Crippen LogP contribution is 2.28. The normalized spacial score (nSPS) is 28.7. The van der Waals surface area contributed by atoms with Crippen molar-refractivity contribution in [2.24, 2.45) is 5.92 Å². The van der Waals surface area contributed by atoms with Crippen molar-refractivity contribution in [2.45, 2.75) is 43.8 Å². The Kier molecular flexibility index (Phi) is 3.67. The van der Waals surface area contributed by atoms with E-state index in [2.05, 4.69) is 5.32 Å². The lowest BCUT2D eigenvalue weighted by molar-refractivity contribution is 0.518. The number of hydrogen-bond donors (Lipinski definition) is 1. The molecule has 1 atom stereocenters. The third-order valence-corrected chi connectivity index (χ3v) is 6.03. The summed E-state index contributed by atoms with van der Waals surface area (Å²) >= 11 is 0. The zero-order chi connectivity index (χ0) is 10.7. The van der Waals surface area contributed by atoms with Gasteiger partial charge in [0.2, 0.25) is 0 Å². The molecule has 3 nitrogen and oxygen atoms in total. The van der Waals surface area contributed by atoms with Crippen LogP contribution < -0.4 is 5.32 Å². The van der Waals surface area contributed by atoms with E-state index >= 15 is 0 Å². The summed E-state index contributed by atoms with van der Waals surface area (Å²) in [5.41, 5.74) is 0. The zero-order valence-corrected chi connectivity index (χ0v) is 10.1. The second kappa shape index (κ2) is 4.83. The van der Waals surface area contributed by atoms with Crippen LogP contribution in [-0.2, 0) is 9.84 Å². The van der Waals surface area contributed by atoms with Crippen molar-refractivity contribution >= 4 is 9.84 Å². The van der Waals surface area contributed by atoms with Crippen molar-refractivity contribution in [3.05, 3.63) is 0 Å². The summed E-state index contributed by atoms with van der Waals surface area (Å²) in [6.07, 6.45) is 6.81. The van der Waals surface area contributed by atoms with Crippen LogP contribution in [-0.4, -0.2) is 32.5 Å². The zero-order valence-electron chi connectivity index (χ0n) is 9.24. The lowest BCUT2D eigenvalue weighted by Gasteiger charge is -2.13. The SMILES string of the molecule is O=S(=O)(CCC1CCCC1)C1CCNC1. The van der Waals surface area contributed by atoms with E-state index in [9.17, 15) is 8.42 Å². The minimum atomic E-state index is -2.81. The standard InChI is InChI=1S/C11H21NO2S/c13-15(14,11-5-7-12-9-11)8-6-10-3-1-2-4-10/h10-12H,1-9H2. The molecule has 2 rings (SSSR count). The second-order valence-electron chi connectivity index (χ2n) is 4.92. The first-order valence-electron chi connectivity index (χ1n) is 6.11. The molecule has 0 aromatic rings. The van der Waals surface area contributed by atoms with Crippen LogP contribution in [0.4, 0.5) is 0 Å². The van der Waals surface area contributed by atoms with Gasteiger partial charge in [-0.25, -0.2) is 8.42 Å². The van der Waals surface area contributed by atoms with E-state index in [0.29, 0.717) is 18.2 Å². The lowest BCUT2D eigenvalue weighted by atomic mass is 10.1. The molecule has 1 saturated heterocycles. The maximum Gasteiger partial charge on any atom is 0.154 e. The molecule has 0 aromatic carbocycles. The molecule has 1 N–H and O–H groups in total. The molecule has 1 heterocycles. The first kappa shape index (κ1) is 11.4. The third kappa shape index (κ3) is 2.94. The number of hydrogen-bond acceptors (Lipinski definition) is 3. The Morgan fingerprint density at radius 2 is 1.87 bits per heavy atom. The summed E-state index contributed by atoms with van der Waals surface area (Å²) in [4.78, 5) is 0. The van der Waals surface area contributed by atoms with Gasteiger partial charge < -0.3 is 5.32 Å². The summed E-state index contributed by atoms with van der Waals surface area (Å²) in [7, 11) is -2.81. The summed E-state index contributed by atoms with van der Waals surface area (Å²) < 4.78 is 23.9. The Labute approximate surface area is 92.6 Å². The molecule has 1 unspecified atom stereocenters. The van der Waals surface area contributed by atoms with Crippen LogP contribution in [0, 0.1) is 5.92 Å². The second-order valence-corrected chi connectivity index (χ2v) is 7.32. The van der Waals surface area contributed by atoms with Crippen LogP contribution in [0.5, 0.6) is 0 Å². The average Bonchev–Trinajstić information content (AvgIpc) is 2.88. The van der Waals surface area contributed by atoms with Crippen LogP contribution >= 0.6 is 0 Å². The number of sulfone groups is 1. The molecular formula is C11H21NO2S. The van der Waals surface area contributed by atoms with E-state index in [0.717, 1.165) is 19.4 Å². The van der Waals surface area contributed by atoms with Gasteiger partial charge >= 0.3 is 0 Å². The van der Waals surface area contributed by atoms with E-state index in [1.165, 1.54) is 25.7 Å². The fourth-order valence-corrected chi connectivity index (χ4v) is 4.58. The van der Waals surface area contributed by atoms with E-state index < -0.39 is 9.84 Å². The van der Waals surface area contributed by atoms with E-state index in [-0.39, 0.29) is 5.25 Å². The summed E-state index contributed by atoms with van der Waals surface area (Å²) in [5, 5.41) is 3.03. The molecule has 0 aromatic heterocycles. The molecule has 0 amide bonds. The Hall–Kier alpha value is -0.0900. The molecule has 0 radical (unpaired) electrons. The summed E-state index contributed by atoms with van der Waals surface area (Å²) in [6, 6.07) is 0. The Bertz CT molecular complexity index is 288. The minimum Gasteiger partial charge on any atom is -0.315 e. The first-order chi connectivity index (χ1) is 7.18. The van der Waals surface area contributed by atoms with E-state index in [4.69, 9.17) is 0 Å². The highest BCUT2D eigenvalue weighted by Gasteiger charge is 2.29. The van der Waals surface area contributed by atoms with Crippen LogP contribution in [0.1, 0.15) is 38.5 Å². The molecule has 1 saturated carbocycles. The van der Waals surface area contributed by atoms with Gasteiger partial charge in [0.25, 0.3) is 0 Å². The molecule has 0 spiro atoms. The average molecular weight is 231 g/mol. The van der Waals surface area contributed by atoms with Crippen molar-refractivity contribution in [1.29, 1.82) is 0 Å². The van der Waals surface area contributed by atoms with Crippen molar-refractivity contribution in [2.75, 3.05) is 18.8 Å². The largest absolute Gasteiger partial charge is 0.315 e. The van der Waals surface area contributed by atoms with Gasteiger partial charge in [0, 0.05) is 6.54 Å². The monoisotopic (exact) mass is 231 g/mol.